The minimum Gasteiger partial charge on any atom is -0.493 e. The third kappa shape index (κ3) is 5.63. The van der Waals surface area contributed by atoms with Gasteiger partial charge in [-0.05, 0) is 38.3 Å². The predicted octanol–water partition coefficient (Wildman–Crippen LogP) is 4.21. The van der Waals surface area contributed by atoms with Gasteiger partial charge >= 0.3 is 0 Å². The molecule has 0 aliphatic carbocycles. The van der Waals surface area contributed by atoms with Crippen molar-refractivity contribution in [3.05, 3.63) is 29.8 Å². The Kier molecular flexibility index (Phi) is 8.49. The molecule has 3 nitrogen and oxygen atoms in total. The molecule has 0 radical (unpaired) electrons. The van der Waals surface area contributed by atoms with Gasteiger partial charge in [0.1, 0.15) is 5.75 Å². The smallest absolute Gasteiger partial charge is 0.124 e. The summed E-state index contributed by atoms with van der Waals surface area (Å²) in [6.45, 7) is 6.08. The molecule has 1 unspecified atom stereocenters. The Balaban J connectivity index is 2.59. The van der Waals surface area contributed by atoms with Crippen LogP contribution in [0.2, 0.25) is 0 Å². The fourth-order valence-electron chi connectivity index (χ4n) is 2.18. The van der Waals surface area contributed by atoms with Crippen LogP contribution in [0.4, 0.5) is 0 Å². The van der Waals surface area contributed by atoms with E-state index in [1.54, 1.807) is 0 Å². The normalized spacial score (nSPS) is 11.8. The second-order valence-corrected chi connectivity index (χ2v) is 4.92. The molecular formula is C17H26N2O. The molecule has 1 rings (SSSR count). The first kappa shape index (κ1) is 16.5. The van der Waals surface area contributed by atoms with E-state index in [0.717, 1.165) is 38.0 Å². The first-order valence-electron chi connectivity index (χ1n) is 7.65. The van der Waals surface area contributed by atoms with Crippen molar-refractivity contribution in [3.8, 4) is 11.8 Å². The summed E-state index contributed by atoms with van der Waals surface area (Å²) in [7, 11) is 0. The average molecular weight is 274 g/mol. The summed E-state index contributed by atoms with van der Waals surface area (Å²) in [4.78, 5) is 0. The molecule has 0 saturated heterocycles. The van der Waals surface area contributed by atoms with Gasteiger partial charge in [-0.1, -0.05) is 32.0 Å². The predicted molar refractivity (Wildman–Crippen MR) is 82.7 cm³/mol. The van der Waals surface area contributed by atoms with E-state index in [2.05, 4.69) is 37.4 Å². The van der Waals surface area contributed by atoms with Crippen molar-refractivity contribution in [1.82, 2.24) is 5.32 Å². The lowest BCUT2D eigenvalue weighted by atomic mass is 10.0. The van der Waals surface area contributed by atoms with Crippen LogP contribution in [0.5, 0.6) is 5.75 Å². The Labute approximate surface area is 123 Å². The highest BCUT2D eigenvalue weighted by Crippen LogP contribution is 2.27. The van der Waals surface area contributed by atoms with Crippen LogP contribution in [0.3, 0.4) is 0 Å². The molecule has 3 heteroatoms. The van der Waals surface area contributed by atoms with Crippen LogP contribution in [0.15, 0.2) is 24.3 Å². The maximum atomic E-state index is 8.51. The van der Waals surface area contributed by atoms with E-state index in [1.807, 2.05) is 12.1 Å². The Morgan fingerprint density at radius 3 is 2.75 bits per heavy atom. The van der Waals surface area contributed by atoms with Crippen molar-refractivity contribution in [3.63, 3.8) is 0 Å². The zero-order valence-corrected chi connectivity index (χ0v) is 12.7. The number of hydrogen-bond donors (Lipinski definition) is 1. The zero-order chi connectivity index (χ0) is 14.6. The number of ether oxygens (including phenoxy) is 1. The Bertz CT molecular complexity index is 412. The average Bonchev–Trinajstić information content (AvgIpc) is 2.49. The molecule has 1 N–H and O–H groups in total. The summed E-state index contributed by atoms with van der Waals surface area (Å²) in [5.41, 5.74) is 1.24. The first-order chi connectivity index (χ1) is 9.83. The molecular weight excluding hydrogens is 248 g/mol. The second kappa shape index (κ2) is 10.3. The minimum absolute atomic E-state index is 0.352. The van der Waals surface area contributed by atoms with Gasteiger partial charge in [-0.25, -0.2) is 0 Å². The highest BCUT2D eigenvalue weighted by molar-refractivity contribution is 5.35. The molecule has 0 aliphatic heterocycles. The number of benzene rings is 1. The molecule has 0 fully saturated rings. The molecule has 0 amide bonds. The maximum absolute atomic E-state index is 8.51. The highest BCUT2D eigenvalue weighted by atomic mass is 16.5. The molecule has 0 aliphatic rings. The number of unbranched alkanes of at least 4 members (excludes halogenated alkanes) is 2. The van der Waals surface area contributed by atoms with Gasteiger partial charge in [0, 0.05) is 18.0 Å². The van der Waals surface area contributed by atoms with Crippen LogP contribution in [0.1, 0.15) is 57.6 Å². The number of para-hydroxylation sites is 1. The molecule has 0 spiro atoms. The molecule has 0 saturated carbocycles. The quantitative estimate of drug-likeness (QED) is 0.650. The molecule has 1 atom stereocenters. The van der Waals surface area contributed by atoms with Gasteiger partial charge in [0.15, 0.2) is 0 Å². The third-order valence-electron chi connectivity index (χ3n) is 3.28. The van der Waals surface area contributed by atoms with Crippen LogP contribution < -0.4 is 10.1 Å². The molecule has 0 bridgehead atoms. The minimum atomic E-state index is 0.352. The SMILES string of the molecule is CCCNC(CC)c1ccccc1OCCCCC#N. The van der Waals surface area contributed by atoms with E-state index in [0.29, 0.717) is 19.1 Å². The van der Waals surface area contributed by atoms with Gasteiger partial charge in [-0.3, -0.25) is 0 Å². The number of rotatable bonds is 10. The number of hydrogen-bond acceptors (Lipinski definition) is 3. The van der Waals surface area contributed by atoms with Gasteiger partial charge in [0.05, 0.1) is 12.7 Å². The van der Waals surface area contributed by atoms with Crippen LogP contribution in [0.25, 0.3) is 0 Å². The van der Waals surface area contributed by atoms with Gasteiger partial charge < -0.3 is 10.1 Å². The van der Waals surface area contributed by atoms with Crippen molar-refractivity contribution in [1.29, 1.82) is 5.26 Å². The molecule has 0 heterocycles. The lowest BCUT2D eigenvalue weighted by molar-refractivity contribution is 0.300. The van der Waals surface area contributed by atoms with Crippen LogP contribution in [-0.2, 0) is 0 Å². The van der Waals surface area contributed by atoms with Crippen molar-refractivity contribution in [2.75, 3.05) is 13.2 Å². The molecule has 1 aromatic carbocycles. The summed E-state index contributed by atoms with van der Waals surface area (Å²) in [6, 6.07) is 10.8. The summed E-state index contributed by atoms with van der Waals surface area (Å²) in [5, 5.41) is 12.1. The van der Waals surface area contributed by atoms with Gasteiger partial charge in [0.2, 0.25) is 0 Å². The summed E-state index contributed by atoms with van der Waals surface area (Å²) >= 11 is 0. The standard InChI is InChI=1S/C17H26N2O/c1-3-13-19-16(4-2)15-10-6-7-11-17(15)20-14-9-5-8-12-18/h6-7,10-11,16,19H,3-5,8-9,13-14H2,1-2H3. The van der Waals surface area contributed by atoms with Gasteiger partial charge in [-0.2, -0.15) is 5.26 Å². The molecule has 1 aromatic rings. The lowest BCUT2D eigenvalue weighted by Gasteiger charge is -2.20. The van der Waals surface area contributed by atoms with E-state index in [-0.39, 0.29) is 0 Å². The fourth-order valence-corrected chi connectivity index (χ4v) is 2.18. The van der Waals surface area contributed by atoms with E-state index >= 15 is 0 Å². The number of nitriles is 1. The van der Waals surface area contributed by atoms with Crippen LogP contribution >= 0.6 is 0 Å². The highest BCUT2D eigenvalue weighted by Gasteiger charge is 2.13. The third-order valence-corrected chi connectivity index (χ3v) is 3.28. The van der Waals surface area contributed by atoms with E-state index in [1.165, 1.54) is 5.56 Å². The zero-order valence-electron chi connectivity index (χ0n) is 12.7. The molecule has 110 valence electrons. The van der Waals surface area contributed by atoms with E-state index in [4.69, 9.17) is 10.00 Å². The van der Waals surface area contributed by atoms with E-state index in [9.17, 15) is 0 Å². The largest absolute Gasteiger partial charge is 0.493 e. The Morgan fingerprint density at radius 1 is 1.25 bits per heavy atom. The fraction of sp³-hybridized carbons (Fsp3) is 0.588. The Morgan fingerprint density at radius 2 is 2.05 bits per heavy atom. The second-order valence-electron chi connectivity index (χ2n) is 4.92. The van der Waals surface area contributed by atoms with Gasteiger partial charge in [-0.15, -0.1) is 0 Å². The van der Waals surface area contributed by atoms with Crippen molar-refractivity contribution in [2.24, 2.45) is 0 Å². The Hall–Kier alpha value is -1.53. The molecule has 0 aromatic heterocycles. The van der Waals surface area contributed by atoms with Gasteiger partial charge in [0.25, 0.3) is 0 Å². The van der Waals surface area contributed by atoms with Crippen molar-refractivity contribution < 1.29 is 4.74 Å². The van der Waals surface area contributed by atoms with E-state index < -0.39 is 0 Å². The first-order valence-corrected chi connectivity index (χ1v) is 7.65. The summed E-state index contributed by atoms with van der Waals surface area (Å²) < 4.78 is 5.90. The monoisotopic (exact) mass is 274 g/mol. The van der Waals surface area contributed by atoms with Crippen molar-refractivity contribution in [2.45, 2.75) is 52.0 Å². The number of nitrogens with one attached hydrogen (secondary N) is 1. The number of nitrogens with zero attached hydrogens (tertiary/aromatic N) is 1. The van der Waals surface area contributed by atoms with Crippen LogP contribution in [0, 0.1) is 11.3 Å². The maximum Gasteiger partial charge on any atom is 0.124 e. The summed E-state index contributed by atoms with van der Waals surface area (Å²) in [5.74, 6) is 0.972. The lowest BCUT2D eigenvalue weighted by Crippen LogP contribution is -2.22. The molecule has 20 heavy (non-hydrogen) atoms. The van der Waals surface area contributed by atoms with Crippen LogP contribution in [-0.4, -0.2) is 13.2 Å². The van der Waals surface area contributed by atoms with Crippen molar-refractivity contribution >= 4 is 0 Å². The topological polar surface area (TPSA) is 45.0 Å². The summed E-state index contributed by atoms with van der Waals surface area (Å²) in [6.07, 6.45) is 4.63.